The molecule has 1 saturated heterocycles. The van der Waals surface area contributed by atoms with Crippen LogP contribution in [0.1, 0.15) is 49.2 Å². The van der Waals surface area contributed by atoms with Crippen molar-refractivity contribution in [3.63, 3.8) is 0 Å². The quantitative estimate of drug-likeness (QED) is 0.593. The maximum Gasteiger partial charge on any atom is 0.258 e. The Balaban J connectivity index is 1.47. The number of aromatic nitrogens is 3. The molecule has 4 atom stereocenters. The molecule has 2 fully saturated rings. The molecule has 2 aliphatic heterocycles. The van der Waals surface area contributed by atoms with E-state index in [2.05, 4.69) is 10.3 Å². The molecule has 1 saturated carbocycles. The van der Waals surface area contributed by atoms with E-state index in [1.807, 2.05) is 41.8 Å². The predicted octanol–water partition coefficient (Wildman–Crippen LogP) is 1.26. The normalized spacial score (nSPS) is 25.2. The van der Waals surface area contributed by atoms with Crippen molar-refractivity contribution in [1.29, 1.82) is 0 Å². The Morgan fingerprint density at radius 2 is 2.09 bits per heavy atom. The smallest absolute Gasteiger partial charge is 0.258 e. The number of carbonyl (C=O) groups excluding carboxylic acids is 2. The van der Waals surface area contributed by atoms with E-state index in [4.69, 9.17) is 0 Å². The third-order valence-corrected chi connectivity index (χ3v) is 7.61. The van der Waals surface area contributed by atoms with Gasteiger partial charge < -0.3 is 24.5 Å². The van der Waals surface area contributed by atoms with Gasteiger partial charge in [-0.3, -0.25) is 14.4 Å². The monoisotopic (exact) mass is 479 g/mol. The number of hydrogen-bond donors (Lipinski definition) is 2. The standard InChI is InChI=1S/C26H33N5O4/c1-3-4-17-7-8-20-24-23(25(34)27-10-9-18-12-29(2)15-28-18)19(14-32)21(13-30(20)26(17)35)31(24)22(33)11-16-5-6-16/h3-4,7-8,12,15-16,19,21,23-24,32H,5-6,9-11,13-14H2,1-2H3,(H,27,34)/b4-3-/t19-,21-,23+,24+/m1/s1. The molecule has 2 N–H and O–H groups in total. The van der Waals surface area contributed by atoms with E-state index < -0.39 is 23.9 Å². The Hall–Kier alpha value is -3.20. The predicted molar refractivity (Wildman–Crippen MR) is 130 cm³/mol. The number of aliphatic hydroxyl groups excluding tert-OH is 1. The Labute approximate surface area is 204 Å². The van der Waals surface area contributed by atoms with Gasteiger partial charge in [-0.1, -0.05) is 12.2 Å². The first-order valence-corrected chi connectivity index (χ1v) is 12.5. The van der Waals surface area contributed by atoms with Crippen molar-refractivity contribution in [2.45, 2.75) is 51.2 Å². The number of hydrogen-bond acceptors (Lipinski definition) is 5. The highest BCUT2D eigenvalue weighted by Crippen LogP contribution is 2.49. The molecular formula is C26H33N5O4. The molecule has 0 spiro atoms. The lowest BCUT2D eigenvalue weighted by molar-refractivity contribution is -0.137. The number of rotatable bonds is 8. The van der Waals surface area contributed by atoms with E-state index in [0.717, 1.165) is 18.5 Å². The van der Waals surface area contributed by atoms with Crippen molar-refractivity contribution >= 4 is 17.9 Å². The van der Waals surface area contributed by atoms with E-state index in [9.17, 15) is 19.5 Å². The average molecular weight is 480 g/mol. The zero-order valence-electron chi connectivity index (χ0n) is 20.3. The van der Waals surface area contributed by atoms with Gasteiger partial charge in [0.25, 0.3) is 5.56 Å². The lowest BCUT2D eigenvalue weighted by Crippen LogP contribution is -2.49. The number of imidazole rings is 1. The van der Waals surface area contributed by atoms with E-state index in [-0.39, 0.29) is 30.5 Å². The SMILES string of the molecule is C/C=C\c1ccc2n(c1=O)C[C@@H]1[C@@H](CO)[C@H](C(=O)NCCc3cn(C)cn3)[C@H]2N1C(=O)CC1CC1. The molecule has 2 bridgehead atoms. The Bertz CT molecular complexity index is 1210. The van der Waals surface area contributed by atoms with Gasteiger partial charge in [0.2, 0.25) is 11.8 Å². The second-order valence-electron chi connectivity index (χ2n) is 10.0. The molecule has 0 unspecified atom stereocenters. The number of aryl methyl sites for hydroxylation is 1. The van der Waals surface area contributed by atoms with Crippen LogP contribution >= 0.6 is 0 Å². The first-order chi connectivity index (χ1) is 16.9. The minimum Gasteiger partial charge on any atom is -0.396 e. The van der Waals surface area contributed by atoms with Gasteiger partial charge in [-0.25, -0.2) is 4.98 Å². The highest BCUT2D eigenvalue weighted by Gasteiger charge is 2.57. The number of nitrogens with one attached hydrogen (secondary N) is 1. The number of fused-ring (bicyclic) bond motifs is 4. The number of carbonyl (C=O) groups is 2. The summed E-state index contributed by atoms with van der Waals surface area (Å²) in [6, 6.07) is 2.66. The van der Waals surface area contributed by atoms with Crippen molar-refractivity contribution in [2.75, 3.05) is 13.2 Å². The largest absolute Gasteiger partial charge is 0.396 e. The summed E-state index contributed by atoms with van der Waals surface area (Å²) < 4.78 is 3.56. The maximum absolute atomic E-state index is 13.5. The van der Waals surface area contributed by atoms with Crippen molar-refractivity contribution in [1.82, 2.24) is 24.3 Å². The molecule has 2 amide bonds. The summed E-state index contributed by atoms with van der Waals surface area (Å²) in [7, 11) is 1.90. The summed E-state index contributed by atoms with van der Waals surface area (Å²) in [6.45, 7) is 2.33. The second-order valence-corrected chi connectivity index (χ2v) is 10.0. The van der Waals surface area contributed by atoms with Gasteiger partial charge in [-0.15, -0.1) is 0 Å². The number of amides is 2. The minimum atomic E-state index is -0.627. The number of aliphatic hydroxyl groups is 1. The van der Waals surface area contributed by atoms with Crippen molar-refractivity contribution in [2.24, 2.45) is 24.8 Å². The summed E-state index contributed by atoms with van der Waals surface area (Å²) in [4.78, 5) is 46.3. The molecule has 3 aliphatic rings. The summed E-state index contributed by atoms with van der Waals surface area (Å²) in [5.74, 6) is -0.850. The summed E-state index contributed by atoms with van der Waals surface area (Å²) in [5.41, 5.74) is 2.00. The number of allylic oxidation sites excluding steroid dienone is 1. The molecule has 0 aromatic carbocycles. The molecule has 9 nitrogen and oxygen atoms in total. The maximum atomic E-state index is 13.5. The summed E-state index contributed by atoms with van der Waals surface area (Å²) >= 11 is 0. The van der Waals surface area contributed by atoms with Crippen LogP contribution in [0, 0.1) is 17.8 Å². The number of pyridine rings is 1. The van der Waals surface area contributed by atoms with Crippen LogP contribution in [-0.4, -0.2) is 55.1 Å². The van der Waals surface area contributed by atoms with Crippen molar-refractivity contribution in [3.8, 4) is 0 Å². The third-order valence-electron chi connectivity index (χ3n) is 7.61. The van der Waals surface area contributed by atoms with Gasteiger partial charge in [0.15, 0.2) is 0 Å². The zero-order valence-corrected chi connectivity index (χ0v) is 20.3. The Morgan fingerprint density at radius 3 is 2.74 bits per heavy atom. The molecule has 5 rings (SSSR count). The van der Waals surface area contributed by atoms with Gasteiger partial charge >= 0.3 is 0 Å². The fourth-order valence-electron chi connectivity index (χ4n) is 5.77. The van der Waals surface area contributed by atoms with Crippen LogP contribution < -0.4 is 10.9 Å². The molecule has 0 radical (unpaired) electrons. The van der Waals surface area contributed by atoms with Gasteiger partial charge in [0.05, 0.1) is 30.0 Å². The van der Waals surface area contributed by atoms with Crippen LogP contribution in [0.15, 0.2) is 35.5 Å². The lowest BCUT2D eigenvalue weighted by Gasteiger charge is -2.38. The van der Waals surface area contributed by atoms with Crippen LogP contribution in [0.5, 0.6) is 0 Å². The van der Waals surface area contributed by atoms with Crippen LogP contribution in [0.2, 0.25) is 0 Å². The van der Waals surface area contributed by atoms with Crippen molar-refractivity contribution < 1.29 is 14.7 Å². The molecule has 2 aromatic rings. The molecular weight excluding hydrogens is 446 g/mol. The summed E-state index contributed by atoms with van der Waals surface area (Å²) in [6.07, 6.45) is 10.4. The second kappa shape index (κ2) is 9.45. The van der Waals surface area contributed by atoms with Crippen LogP contribution in [0.4, 0.5) is 0 Å². The fraction of sp³-hybridized carbons (Fsp3) is 0.538. The fourth-order valence-corrected chi connectivity index (χ4v) is 5.77. The highest BCUT2D eigenvalue weighted by molar-refractivity contribution is 5.84. The van der Waals surface area contributed by atoms with Gasteiger partial charge in [0, 0.05) is 63.0 Å². The van der Waals surface area contributed by atoms with E-state index >= 15 is 0 Å². The number of nitrogens with zero attached hydrogens (tertiary/aromatic N) is 4. The average Bonchev–Trinajstić information content (AvgIpc) is 3.49. The highest BCUT2D eigenvalue weighted by atomic mass is 16.3. The van der Waals surface area contributed by atoms with Crippen molar-refractivity contribution in [3.05, 3.63) is 58.0 Å². The summed E-state index contributed by atoms with van der Waals surface area (Å²) in [5, 5.41) is 13.4. The van der Waals surface area contributed by atoms with Crippen LogP contribution in [0.3, 0.4) is 0 Å². The van der Waals surface area contributed by atoms with E-state index in [1.54, 1.807) is 23.0 Å². The van der Waals surface area contributed by atoms with Gasteiger partial charge in [-0.05, 0) is 37.8 Å². The molecule has 35 heavy (non-hydrogen) atoms. The Morgan fingerprint density at radius 1 is 1.29 bits per heavy atom. The molecule has 4 heterocycles. The molecule has 186 valence electrons. The van der Waals surface area contributed by atoms with Gasteiger partial charge in [0.1, 0.15) is 0 Å². The first-order valence-electron chi connectivity index (χ1n) is 12.5. The lowest BCUT2D eigenvalue weighted by atomic mass is 9.86. The van der Waals surface area contributed by atoms with E-state index in [0.29, 0.717) is 36.6 Å². The third kappa shape index (κ3) is 4.33. The topological polar surface area (TPSA) is 109 Å². The molecule has 2 aromatic heterocycles. The minimum absolute atomic E-state index is 0.0148. The zero-order chi connectivity index (χ0) is 24.7. The first kappa shape index (κ1) is 23.5. The molecule has 1 aliphatic carbocycles. The van der Waals surface area contributed by atoms with Crippen LogP contribution in [0.25, 0.3) is 6.08 Å². The Kier molecular flexibility index (Phi) is 6.35. The molecule has 9 heteroatoms. The van der Waals surface area contributed by atoms with Crippen LogP contribution in [-0.2, 0) is 29.6 Å². The van der Waals surface area contributed by atoms with E-state index in [1.165, 1.54) is 0 Å². The van der Waals surface area contributed by atoms with Gasteiger partial charge in [-0.2, -0.15) is 0 Å².